The van der Waals surface area contributed by atoms with Crippen molar-refractivity contribution in [3.8, 4) is 5.75 Å². The number of halogens is 6. The lowest BCUT2D eigenvalue weighted by molar-refractivity contribution is -0.383. The third-order valence-electron chi connectivity index (χ3n) is 3.34. The van der Waals surface area contributed by atoms with E-state index in [1.54, 1.807) is 0 Å². The number of benzene rings is 1. The van der Waals surface area contributed by atoms with E-state index in [1.165, 1.54) is 13.8 Å². The number of alkyl halides is 6. The summed E-state index contributed by atoms with van der Waals surface area (Å²) in [5, 5.41) is 0. The van der Waals surface area contributed by atoms with Gasteiger partial charge in [-0.1, -0.05) is 0 Å². The zero-order valence-corrected chi connectivity index (χ0v) is 12.7. The van der Waals surface area contributed by atoms with Crippen LogP contribution in [0.1, 0.15) is 16.7 Å². The molecule has 0 aliphatic carbocycles. The first-order valence-electron chi connectivity index (χ1n) is 6.55. The van der Waals surface area contributed by atoms with Gasteiger partial charge in [0.25, 0.3) is 5.60 Å². The molecule has 0 radical (unpaired) electrons. The Labute approximate surface area is 129 Å². The highest BCUT2D eigenvalue weighted by molar-refractivity contribution is 5.46. The average molecular weight is 345 g/mol. The maximum absolute atomic E-state index is 13.2. The zero-order valence-electron chi connectivity index (χ0n) is 12.7. The van der Waals surface area contributed by atoms with Gasteiger partial charge in [-0.05, 0) is 37.1 Å². The molecule has 0 saturated heterocycles. The Hall–Kier alpha value is -1.48. The molecule has 23 heavy (non-hydrogen) atoms. The van der Waals surface area contributed by atoms with Crippen molar-refractivity contribution in [2.45, 2.75) is 31.8 Å². The summed E-state index contributed by atoms with van der Waals surface area (Å²) in [5.41, 5.74) is 0.0780. The fraction of sp³-hybridized carbons (Fsp3) is 0.571. The fourth-order valence-corrected chi connectivity index (χ4v) is 2.38. The number of methoxy groups -OCH3 is 1. The number of hydrogen-bond donors (Lipinski definition) is 1. The van der Waals surface area contributed by atoms with Crippen LogP contribution >= 0.6 is 0 Å². The summed E-state index contributed by atoms with van der Waals surface area (Å²) in [7, 11) is 0.379. The fourth-order valence-electron chi connectivity index (χ4n) is 2.38. The molecule has 132 valence electrons. The molecule has 1 aromatic carbocycles. The molecule has 0 spiro atoms. The molecule has 1 aromatic rings. The molecule has 0 aromatic heterocycles. The van der Waals surface area contributed by atoms with E-state index in [-0.39, 0.29) is 30.0 Å². The first kappa shape index (κ1) is 19.6. The van der Waals surface area contributed by atoms with Crippen LogP contribution in [0.15, 0.2) is 12.1 Å². The van der Waals surface area contributed by atoms with Crippen molar-refractivity contribution in [2.75, 3.05) is 20.3 Å². The Kier molecular flexibility index (Phi) is 5.58. The Morgan fingerprint density at radius 3 is 1.70 bits per heavy atom. The zero-order chi connectivity index (χ0) is 18.1. The topological polar surface area (TPSA) is 44.5 Å². The van der Waals surface area contributed by atoms with Gasteiger partial charge in [-0.2, -0.15) is 26.3 Å². The molecule has 0 aliphatic heterocycles. The van der Waals surface area contributed by atoms with Crippen LogP contribution in [0.2, 0.25) is 0 Å². The number of ether oxygens (including phenoxy) is 2. The van der Waals surface area contributed by atoms with Crippen LogP contribution in [0.4, 0.5) is 26.3 Å². The second-order valence-electron chi connectivity index (χ2n) is 4.96. The molecular weight excluding hydrogens is 328 g/mol. The second kappa shape index (κ2) is 6.56. The first-order valence-corrected chi connectivity index (χ1v) is 6.55. The number of rotatable bonds is 5. The lowest BCUT2D eigenvalue weighted by Gasteiger charge is -2.36. The lowest BCUT2D eigenvalue weighted by Crippen LogP contribution is -2.55. The molecule has 3 nitrogen and oxygen atoms in total. The van der Waals surface area contributed by atoms with Crippen LogP contribution in [-0.2, 0) is 10.3 Å². The molecule has 0 saturated carbocycles. The van der Waals surface area contributed by atoms with Crippen molar-refractivity contribution in [1.29, 1.82) is 0 Å². The van der Waals surface area contributed by atoms with Crippen LogP contribution in [0.25, 0.3) is 0 Å². The Morgan fingerprint density at radius 1 is 0.957 bits per heavy atom. The summed E-state index contributed by atoms with van der Waals surface area (Å²) in [5.74, 6) is 0.202. The molecule has 0 aliphatic rings. The van der Waals surface area contributed by atoms with E-state index in [2.05, 4.69) is 4.74 Å². The van der Waals surface area contributed by atoms with Crippen molar-refractivity contribution in [3.05, 3.63) is 28.8 Å². The van der Waals surface area contributed by atoms with Crippen molar-refractivity contribution in [1.82, 2.24) is 0 Å². The Morgan fingerprint density at radius 2 is 1.39 bits per heavy atom. The minimum absolute atomic E-state index is 0.0923. The highest BCUT2D eigenvalue weighted by Crippen LogP contribution is 2.53. The summed E-state index contributed by atoms with van der Waals surface area (Å²) in [6.07, 6.45) is -11.4. The monoisotopic (exact) mass is 345 g/mol. The van der Waals surface area contributed by atoms with Gasteiger partial charge in [0.2, 0.25) is 0 Å². The molecule has 0 atom stereocenters. The predicted molar refractivity (Wildman–Crippen MR) is 71.3 cm³/mol. The maximum Gasteiger partial charge on any atom is 0.430 e. The minimum atomic E-state index is -5.68. The highest BCUT2D eigenvalue weighted by atomic mass is 19.4. The minimum Gasteiger partial charge on any atom is -0.492 e. The summed E-state index contributed by atoms with van der Waals surface area (Å²) in [4.78, 5) is 0. The van der Waals surface area contributed by atoms with Gasteiger partial charge in [-0.3, -0.25) is 0 Å². The van der Waals surface area contributed by atoms with E-state index in [1.807, 2.05) is 0 Å². The second-order valence-corrected chi connectivity index (χ2v) is 4.96. The molecule has 1 rings (SSSR count). The average Bonchev–Trinajstić information content (AvgIpc) is 2.35. The third-order valence-corrected chi connectivity index (χ3v) is 3.34. The highest BCUT2D eigenvalue weighted by Gasteiger charge is 2.73. The quantitative estimate of drug-likeness (QED) is 0.830. The van der Waals surface area contributed by atoms with E-state index >= 15 is 0 Å². The molecule has 0 fully saturated rings. The molecule has 0 heterocycles. The van der Waals surface area contributed by atoms with Gasteiger partial charge in [0.05, 0.1) is 0 Å². The molecule has 2 N–H and O–H groups in total. The van der Waals surface area contributed by atoms with E-state index in [0.717, 1.165) is 12.1 Å². The van der Waals surface area contributed by atoms with Crippen LogP contribution in [0, 0.1) is 13.8 Å². The summed E-state index contributed by atoms with van der Waals surface area (Å²) < 4.78 is 88.6. The smallest absolute Gasteiger partial charge is 0.430 e. The van der Waals surface area contributed by atoms with Crippen LogP contribution in [0.5, 0.6) is 5.75 Å². The van der Waals surface area contributed by atoms with Gasteiger partial charge in [-0.15, -0.1) is 0 Å². The van der Waals surface area contributed by atoms with E-state index in [0.29, 0.717) is 7.11 Å². The van der Waals surface area contributed by atoms with Gasteiger partial charge in [0, 0.05) is 19.2 Å². The van der Waals surface area contributed by atoms with Crippen LogP contribution < -0.4 is 10.5 Å². The molecule has 9 heteroatoms. The summed E-state index contributed by atoms with van der Waals surface area (Å²) in [6, 6.07) is 1.53. The van der Waals surface area contributed by atoms with Crippen molar-refractivity contribution in [3.63, 3.8) is 0 Å². The van der Waals surface area contributed by atoms with Gasteiger partial charge < -0.3 is 15.2 Å². The number of nitrogens with two attached hydrogens (primary N) is 1. The first-order chi connectivity index (χ1) is 10.4. The SMILES string of the molecule is COC(c1cc(C)c(OCCN)c(C)c1)(C(F)(F)F)C(F)(F)F. The molecule has 0 unspecified atom stereocenters. The lowest BCUT2D eigenvalue weighted by atomic mass is 9.89. The Bertz CT molecular complexity index is 516. The summed E-state index contributed by atoms with van der Waals surface area (Å²) in [6.45, 7) is 2.97. The van der Waals surface area contributed by atoms with E-state index in [4.69, 9.17) is 10.5 Å². The van der Waals surface area contributed by atoms with Crippen molar-refractivity contribution in [2.24, 2.45) is 5.73 Å². The standard InChI is InChI=1S/C14H17F6NO2/c1-8-6-10(7-9(2)11(8)23-5-4-21)12(22-3,13(15,16)17)14(18,19)20/h6-7H,4-5,21H2,1-3H3. The maximum atomic E-state index is 13.2. The predicted octanol–water partition coefficient (Wildman–Crippen LogP) is 3.61. The number of hydrogen-bond acceptors (Lipinski definition) is 3. The number of aryl methyl sites for hydroxylation is 2. The Balaban J connectivity index is 3.57. The van der Waals surface area contributed by atoms with Gasteiger partial charge in [-0.25, -0.2) is 0 Å². The van der Waals surface area contributed by atoms with Crippen molar-refractivity contribution >= 4 is 0 Å². The molecule has 0 amide bonds. The van der Waals surface area contributed by atoms with Crippen LogP contribution in [0.3, 0.4) is 0 Å². The van der Waals surface area contributed by atoms with Gasteiger partial charge in [0.1, 0.15) is 12.4 Å². The van der Waals surface area contributed by atoms with E-state index < -0.39 is 23.5 Å². The van der Waals surface area contributed by atoms with Crippen molar-refractivity contribution < 1.29 is 35.8 Å². The van der Waals surface area contributed by atoms with Crippen LogP contribution in [-0.4, -0.2) is 32.6 Å². The third kappa shape index (κ3) is 3.40. The largest absolute Gasteiger partial charge is 0.492 e. The normalized spacial score (nSPS) is 13.3. The van der Waals surface area contributed by atoms with Gasteiger partial charge in [0.15, 0.2) is 0 Å². The summed E-state index contributed by atoms with van der Waals surface area (Å²) >= 11 is 0. The molecular formula is C14H17F6NO2. The van der Waals surface area contributed by atoms with Gasteiger partial charge >= 0.3 is 12.4 Å². The van der Waals surface area contributed by atoms with E-state index in [9.17, 15) is 26.3 Å². The molecule has 0 bridgehead atoms.